The van der Waals surface area contributed by atoms with Crippen LogP contribution in [0, 0.1) is 0 Å². The van der Waals surface area contributed by atoms with Crippen molar-refractivity contribution in [1.82, 2.24) is 19.9 Å². The fourth-order valence-corrected chi connectivity index (χ4v) is 6.91. The molecular formula is C44H26N4O. The average molecular weight is 627 g/mol. The maximum absolute atomic E-state index is 6.26. The summed E-state index contributed by atoms with van der Waals surface area (Å²) < 4.78 is 6.26. The van der Waals surface area contributed by atoms with E-state index in [1.807, 2.05) is 54.7 Å². The third-order valence-corrected chi connectivity index (χ3v) is 9.33. The Hall–Kier alpha value is -6.72. The first-order valence-corrected chi connectivity index (χ1v) is 16.3. The van der Waals surface area contributed by atoms with Crippen LogP contribution in [0.15, 0.2) is 162 Å². The summed E-state index contributed by atoms with van der Waals surface area (Å²) in [4.78, 5) is 20.3. The molecular weight excluding hydrogens is 601 g/mol. The van der Waals surface area contributed by atoms with E-state index in [0.717, 1.165) is 76.8 Å². The Morgan fingerprint density at radius 3 is 1.98 bits per heavy atom. The van der Waals surface area contributed by atoms with Gasteiger partial charge in [0.25, 0.3) is 0 Å². The number of fused-ring (bicyclic) bond motifs is 6. The summed E-state index contributed by atoms with van der Waals surface area (Å²) >= 11 is 0. The van der Waals surface area contributed by atoms with E-state index >= 15 is 0 Å². The molecule has 0 spiro atoms. The second-order valence-electron chi connectivity index (χ2n) is 12.3. The van der Waals surface area contributed by atoms with Gasteiger partial charge in [0.05, 0.1) is 5.52 Å². The molecule has 0 atom stereocenters. The number of rotatable bonds is 4. The molecule has 0 radical (unpaired) electrons. The summed E-state index contributed by atoms with van der Waals surface area (Å²) in [5, 5.41) is 7.58. The first-order valence-electron chi connectivity index (χ1n) is 16.3. The summed E-state index contributed by atoms with van der Waals surface area (Å²) in [7, 11) is 0. The topological polar surface area (TPSA) is 64.7 Å². The lowest BCUT2D eigenvalue weighted by molar-refractivity contribution is 0.669. The van der Waals surface area contributed by atoms with Gasteiger partial charge in [0.1, 0.15) is 11.2 Å². The third-order valence-electron chi connectivity index (χ3n) is 9.33. The molecule has 0 amide bonds. The van der Waals surface area contributed by atoms with Crippen LogP contribution in [-0.4, -0.2) is 19.9 Å². The second-order valence-corrected chi connectivity index (χ2v) is 12.3. The highest BCUT2D eigenvalue weighted by atomic mass is 16.3. The summed E-state index contributed by atoms with van der Waals surface area (Å²) in [6.07, 6.45) is 1.95. The predicted octanol–water partition coefficient (Wildman–Crippen LogP) is 11.3. The first kappa shape index (κ1) is 27.4. The van der Waals surface area contributed by atoms with Gasteiger partial charge >= 0.3 is 0 Å². The number of hydrogen-bond acceptors (Lipinski definition) is 5. The van der Waals surface area contributed by atoms with Crippen LogP contribution in [0.2, 0.25) is 0 Å². The molecule has 0 saturated heterocycles. The zero-order valence-electron chi connectivity index (χ0n) is 26.2. The highest BCUT2D eigenvalue weighted by molar-refractivity contribution is 6.12. The van der Waals surface area contributed by atoms with Crippen molar-refractivity contribution in [3.05, 3.63) is 158 Å². The zero-order valence-corrected chi connectivity index (χ0v) is 26.2. The Morgan fingerprint density at radius 1 is 0.388 bits per heavy atom. The van der Waals surface area contributed by atoms with Crippen molar-refractivity contribution in [2.75, 3.05) is 0 Å². The third kappa shape index (κ3) is 4.63. The van der Waals surface area contributed by atoms with E-state index in [2.05, 4.69) is 103 Å². The number of nitrogens with zero attached hydrogens (tertiary/aromatic N) is 4. The molecule has 0 aliphatic heterocycles. The Morgan fingerprint density at radius 2 is 1.04 bits per heavy atom. The Kier molecular flexibility index (Phi) is 6.11. The summed E-state index contributed by atoms with van der Waals surface area (Å²) in [5.74, 6) is 1.82. The molecule has 7 aromatic carbocycles. The van der Waals surface area contributed by atoms with Gasteiger partial charge in [0.15, 0.2) is 17.5 Å². The Labute approximate surface area is 281 Å². The van der Waals surface area contributed by atoms with Crippen LogP contribution in [-0.2, 0) is 0 Å². The van der Waals surface area contributed by atoms with E-state index in [0.29, 0.717) is 17.5 Å². The molecule has 3 heterocycles. The van der Waals surface area contributed by atoms with Crippen LogP contribution < -0.4 is 0 Å². The number of hydrogen-bond donors (Lipinski definition) is 0. The van der Waals surface area contributed by atoms with E-state index in [4.69, 9.17) is 24.4 Å². The van der Waals surface area contributed by atoms with Gasteiger partial charge in [-0.2, -0.15) is 0 Å². The maximum Gasteiger partial charge on any atom is 0.164 e. The highest BCUT2D eigenvalue weighted by Crippen LogP contribution is 2.38. The lowest BCUT2D eigenvalue weighted by atomic mass is 9.98. The molecule has 228 valence electrons. The molecule has 0 unspecified atom stereocenters. The molecule has 10 rings (SSSR count). The standard InChI is InChI=1S/C44H26N4O/c1-2-10-29-23-32(22-19-27(29)9-1)42-46-43(48-44(47-42)36-15-8-18-40-41(36)35-13-4-6-17-39(35)49-40)34-14-7-12-28-20-21-30(25-37(28)34)33-24-31-11-3-5-16-38(31)45-26-33/h1-26H. The Bertz CT molecular complexity index is 2910. The number of para-hydroxylation sites is 2. The number of benzene rings is 7. The maximum atomic E-state index is 6.26. The fraction of sp³-hybridized carbons (Fsp3) is 0. The van der Waals surface area contributed by atoms with Crippen molar-refractivity contribution in [2.45, 2.75) is 0 Å². The van der Waals surface area contributed by atoms with Gasteiger partial charge in [-0.3, -0.25) is 4.98 Å². The monoisotopic (exact) mass is 626 g/mol. The largest absolute Gasteiger partial charge is 0.456 e. The zero-order chi connectivity index (χ0) is 32.3. The van der Waals surface area contributed by atoms with E-state index in [1.54, 1.807) is 0 Å². The van der Waals surface area contributed by atoms with Crippen molar-refractivity contribution in [3.8, 4) is 45.3 Å². The minimum Gasteiger partial charge on any atom is -0.456 e. The first-order chi connectivity index (χ1) is 24.2. The second kappa shape index (κ2) is 10.9. The van der Waals surface area contributed by atoms with Crippen LogP contribution in [0.3, 0.4) is 0 Å². The average Bonchev–Trinajstić information content (AvgIpc) is 3.56. The molecule has 0 bridgehead atoms. The van der Waals surface area contributed by atoms with Gasteiger partial charge in [-0.05, 0) is 63.5 Å². The van der Waals surface area contributed by atoms with Crippen molar-refractivity contribution < 1.29 is 4.42 Å². The SMILES string of the molecule is c1ccc2cc(-c3nc(-c4cccc5ccc(-c6cnc7ccccc7c6)cc45)nc(-c4cccc5oc6ccccc6c45)n3)ccc2c1. The summed E-state index contributed by atoms with van der Waals surface area (Å²) in [6, 6.07) is 52.1. The minimum atomic E-state index is 0.595. The fourth-order valence-electron chi connectivity index (χ4n) is 6.91. The lowest BCUT2D eigenvalue weighted by Crippen LogP contribution is -2.01. The van der Waals surface area contributed by atoms with E-state index < -0.39 is 0 Å². The van der Waals surface area contributed by atoms with Crippen molar-refractivity contribution in [3.63, 3.8) is 0 Å². The number of pyridine rings is 1. The van der Waals surface area contributed by atoms with Crippen LogP contribution in [0.5, 0.6) is 0 Å². The van der Waals surface area contributed by atoms with Crippen LogP contribution in [0.25, 0.3) is 99.7 Å². The highest BCUT2D eigenvalue weighted by Gasteiger charge is 2.19. The molecule has 5 nitrogen and oxygen atoms in total. The van der Waals surface area contributed by atoms with Gasteiger partial charge in [-0.25, -0.2) is 15.0 Å². The number of furan rings is 1. The van der Waals surface area contributed by atoms with Crippen molar-refractivity contribution in [2.24, 2.45) is 0 Å². The Balaban J connectivity index is 1.22. The molecule has 0 saturated carbocycles. The molecule has 3 aromatic heterocycles. The van der Waals surface area contributed by atoms with E-state index in [1.165, 1.54) is 5.39 Å². The summed E-state index contributed by atoms with van der Waals surface area (Å²) in [5.41, 5.74) is 7.51. The predicted molar refractivity (Wildman–Crippen MR) is 199 cm³/mol. The smallest absolute Gasteiger partial charge is 0.164 e. The van der Waals surface area contributed by atoms with Gasteiger partial charge in [-0.15, -0.1) is 0 Å². The molecule has 49 heavy (non-hydrogen) atoms. The molecule has 0 fully saturated rings. The minimum absolute atomic E-state index is 0.595. The summed E-state index contributed by atoms with van der Waals surface area (Å²) in [6.45, 7) is 0. The van der Waals surface area contributed by atoms with Crippen molar-refractivity contribution in [1.29, 1.82) is 0 Å². The van der Waals surface area contributed by atoms with Crippen LogP contribution >= 0.6 is 0 Å². The van der Waals surface area contributed by atoms with E-state index in [9.17, 15) is 0 Å². The van der Waals surface area contributed by atoms with Crippen LogP contribution in [0.4, 0.5) is 0 Å². The normalized spacial score (nSPS) is 11.7. The van der Waals surface area contributed by atoms with Crippen LogP contribution in [0.1, 0.15) is 0 Å². The molecule has 0 aliphatic carbocycles. The quantitative estimate of drug-likeness (QED) is 0.194. The molecule has 0 aliphatic rings. The molecule has 10 aromatic rings. The van der Waals surface area contributed by atoms with E-state index in [-0.39, 0.29) is 0 Å². The van der Waals surface area contributed by atoms with Crippen molar-refractivity contribution >= 4 is 54.4 Å². The van der Waals surface area contributed by atoms with Gasteiger partial charge in [-0.1, -0.05) is 115 Å². The molecule has 5 heteroatoms. The molecule has 0 N–H and O–H groups in total. The van der Waals surface area contributed by atoms with Gasteiger partial charge < -0.3 is 4.42 Å². The lowest BCUT2D eigenvalue weighted by Gasteiger charge is -2.12. The number of aromatic nitrogens is 4. The van der Waals surface area contributed by atoms with Gasteiger partial charge in [0.2, 0.25) is 0 Å². The van der Waals surface area contributed by atoms with Gasteiger partial charge in [0, 0.05) is 44.6 Å².